The standard InChI is InChI=1S/C18H15N3O3/c1-2-24-18(23)15-10-13-6-4-8-20-16(13)21(17(15)22)14-7-3-5-12(9-14)11-19/h3-9,15H,2,10H2,1H3. The maximum Gasteiger partial charge on any atom is 0.318 e. The van der Waals surface area contributed by atoms with Gasteiger partial charge in [-0.1, -0.05) is 12.1 Å². The van der Waals surface area contributed by atoms with Gasteiger partial charge in [-0.15, -0.1) is 0 Å². The monoisotopic (exact) mass is 321 g/mol. The van der Waals surface area contributed by atoms with E-state index in [-0.39, 0.29) is 13.0 Å². The molecule has 0 saturated carbocycles. The third-order valence-electron chi connectivity index (χ3n) is 3.83. The fraction of sp³-hybridized carbons (Fsp3) is 0.222. The summed E-state index contributed by atoms with van der Waals surface area (Å²) in [4.78, 5) is 30.8. The SMILES string of the molecule is CCOC(=O)C1Cc2cccnc2N(c2cccc(C#N)c2)C1=O. The van der Waals surface area contributed by atoms with E-state index in [0.29, 0.717) is 17.1 Å². The lowest BCUT2D eigenvalue weighted by atomic mass is 9.93. The number of carbonyl (C=O) groups is 2. The van der Waals surface area contributed by atoms with E-state index in [9.17, 15) is 9.59 Å². The Bertz CT molecular complexity index is 841. The Labute approximate surface area is 139 Å². The van der Waals surface area contributed by atoms with Crippen molar-refractivity contribution < 1.29 is 14.3 Å². The summed E-state index contributed by atoms with van der Waals surface area (Å²) >= 11 is 0. The van der Waals surface area contributed by atoms with Gasteiger partial charge in [-0.3, -0.25) is 14.5 Å². The predicted molar refractivity (Wildman–Crippen MR) is 86.4 cm³/mol. The summed E-state index contributed by atoms with van der Waals surface area (Å²) in [6.07, 6.45) is 1.85. The summed E-state index contributed by atoms with van der Waals surface area (Å²) < 4.78 is 5.04. The number of nitrogens with zero attached hydrogens (tertiary/aromatic N) is 3. The molecule has 6 nitrogen and oxygen atoms in total. The second kappa shape index (κ2) is 6.50. The van der Waals surface area contributed by atoms with Crippen LogP contribution < -0.4 is 4.90 Å². The molecule has 120 valence electrons. The highest BCUT2D eigenvalue weighted by Crippen LogP contribution is 2.35. The van der Waals surface area contributed by atoms with Crippen molar-refractivity contribution in [3.8, 4) is 6.07 Å². The van der Waals surface area contributed by atoms with Crippen LogP contribution in [-0.4, -0.2) is 23.5 Å². The van der Waals surface area contributed by atoms with E-state index < -0.39 is 17.8 Å². The van der Waals surface area contributed by atoms with Gasteiger partial charge in [0.15, 0.2) is 0 Å². The quantitative estimate of drug-likeness (QED) is 0.640. The zero-order valence-corrected chi connectivity index (χ0v) is 13.1. The minimum absolute atomic E-state index is 0.215. The molecule has 2 aromatic rings. The molecule has 1 unspecified atom stereocenters. The molecule has 1 aromatic heterocycles. The lowest BCUT2D eigenvalue weighted by Gasteiger charge is -2.32. The summed E-state index contributed by atoms with van der Waals surface area (Å²) in [6, 6.07) is 12.3. The highest BCUT2D eigenvalue weighted by atomic mass is 16.5. The Morgan fingerprint density at radius 1 is 1.42 bits per heavy atom. The number of fused-ring (bicyclic) bond motifs is 1. The number of amides is 1. The molecular formula is C18H15N3O3. The van der Waals surface area contributed by atoms with Crippen LogP contribution >= 0.6 is 0 Å². The van der Waals surface area contributed by atoms with E-state index in [1.54, 1.807) is 43.5 Å². The van der Waals surface area contributed by atoms with Gasteiger partial charge in [0.25, 0.3) is 0 Å². The summed E-state index contributed by atoms with van der Waals surface area (Å²) in [7, 11) is 0. The summed E-state index contributed by atoms with van der Waals surface area (Å²) in [5.41, 5.74) is 1.72. The van der Waals surface area contributed by atoms with Gasteiger partial charge in [-0.2, -0.15) is 5.26 Å². The normalized spacial score (nSPS) is 16.2. The number of anilines is 2. The van der Waals surface area contributed by atoms with Crippen LogP contribution in [0, 0.1) is 17.2 Å². The Morgan fingerprint density at radius 2 is 2.25 bits per heavy atom. The van der Waals surface area contributed by atoms with E-state index in [0.717, 1.165) is 5.56 Å². The predicted octanol–water partition coefficient (Wildman–Crippen LogP) is 2.35. The number of hydrogen-bond acceptors (Lipinski definition) is 5. The van der Waals surface area contributed by atoms with Gasteiger partial charge in [-0.05, 0) is 43.2 Å². The fourth-order valence-corrected chi connectivity index (χ4v) is 2.75. The first-order valence-corrected chi connectivity index (χ1v) is 7.60. The average molecular weight is 321 g/mol. The molecule has 1 aliphatic heterocycles. The maximum absolute atomic E-state index is 12.9. The average Bonchev–Trinajstić information content (AvgIpc) is 2.61. The molecule has 0 fully saturated rings. The number of benzene rings is 1. The highest BCUT2D eigenvalue weighted by Gasteiger charge is 2.39. The van der Waals surface area contributed by atoms with Gasteiger partial charge < -0.3 is 4.74 Å². The number of carbonyl (C=O) groups excluding carboxylic acids is 2. The van der Waals surface area contributed by atoms with Gasteiger partial charge in [0, 0.05) is 6.20 Å². The highest BCUT2D eigenvalue weighted by molar-refractivity contribution is 6.11. The molecule has 1 amide bonds. The molecule has 0 radical (unpaired) electrons. The second-order valence-corrected chi connectivity index (χ2v) is 5.33. The van der Waals surface area contributed by atoms with E-state index in [1.807, 2.05) is 12.1 Å². The first kappa shape index (κ1) is 15.7. The van der Waals surface area contributed by atoms with Crippen LogP contribution in [0.1, 0.15) is 18.1 Å². The molecule has 1 aromatic carbocycles. The number of aromatic nitrogens is 1. The second-order valence-electron chi connectivity index (χ2n) is 5.33. The van der Waals surface area contributed by atoms with Gasteiger partial charge >= 0.3 is 5.97 Å². The van der Waals surface area contributed by atoms with Crippen LogP contribution in [0.5, 0.6) is 0 Å². The van der Waals surface area contributed by atoms with E-state index in [1.165, 1.54) is 4.90 Å². The Hall–Kier alpha value is -3.20. The van der Waals surface area contributed by atoms with Crippen molar-refractivity contribution in [3.63, 3.8) is 0 Å². The Morgan fingerprint density at radius 3 is 3.00 bits per heavy atom. The topological polar surface area (TPSA) is 83.3 Å². The minimum Gasteiger partial charge on any atom is -0.465 e. The molecule has 0 saturated heterocycles. The third kappa shape index (κ3) is 2.72. The van der Waals surface area contributed by atoms with Crippen molar-refractivity contribution in [2.45, 2.75) is 13.3 Å². The van der Waals surface area contributed by atoms with Crippen LogP contribution in [-0.2, 0) is 20.7 Å². The minimum atomic E-state index is -0.910. The first-order valence-electron chi connectivity index (χ1n) is 7.60. The van der Waals surface area contributed by atoms with Crippen LogP contribution in [0.4, 0.5) is 11.5 Å². The van der Waals surface area contributed by atoms with Crippen molar-refractivity contribution in [2.75, 3.05) is 11.5 Å². The van der Waals surface area contributed by atoms with Crippen molar-refractivity contribution in [3.05, 3.63) is 53.7 Å². The maximum atomic E-state index is 12.9. The van der Waals surface area contributed by atoms with Crippen LogP contribution in [0.2, 0.25) is 0 Å². The molecule has 24 heavy (non-hydrogen) atoms. The lowest BCUT2D eigenvalue weighted by Crippen LogP contribution is -2.43. The smallest absolute Gasteiger partial charge is 0.318 e. The number of rotatable bonds is 3. The summed E-state index contributed by atoms with van der Waals surface area (Å²) in [5.74, 6) is -1.36. The first-order chi connectivity index (χ1) is 11.7. The summed E-state index contributed by atoms with van der Waals surface area (Å²) in [5, 5.41) is 9.09. The molecule has 1 aliphatic rings. The van der Waals surface area contributed by atoms with Crippen molar-refractivity contribution in [2.24, 2.45) is 5.92 Å². The molecule has 3 rings (SSSR count). The van der Waals surface area contributed by atoms with Gasteiger partial charge in [0.2, 0.25) is 5.91 Å². The number of esters is 1. The Kier molecular flexibility index (Phi) is 4.25. The molecule has 6 heteroatoms. The van der Waals surface area contributed by atoms with E-state index in [2.05, 4.69) is 4.98 Å². The molecule has 0 spiro atoms. The van der Waals surface area contributed by atoms with Gasteiger partial charge in [-0.25, -0.2) is 4.98 Å². The molecule has 2 heterocycles. The van der Waals surface area contributed by atoms with Crippen molar-refractivity contribution in [1.29, 1.82) is 5.26 Å². The van der Waals surface area contributed by atoms with Crippen LogP contribution in [0.15, 0.2) is 42.6 Å². The molecule has 0 aliphatic carbocycles. The molecule has 1 atom stereocenters. The van der Waals surface area contributed by atoms with Crippen LogP contribution in [0.3, 0.4) is 0 Å². The number of pyridine rings is 1. The van der Waals surface area contributed by atoms with E-state index >= 15 is 0 Å². The molecule has 0 bridgehead atoms. The largest absolute Gasteiger partial charge is 0.465 e. The van der Waals surface area contributed by atoms with E-state index in [4.69, 9.17) is 10.00 Å². The molecular weight excluding hydrogens is 306 g/mol. The van der Waals surface area contributed by atoms with Gasteiger partial charge in [0.1, 0.15) is 11.7 Å². The van der Waals surface area contributed by atoms with Crippen molar-refractivity contribution in [1.82, 2.24) is 4.98 Å². The zero-order chi connectivity index (χ0) is 17.1. The van der Waals surface area contributed by atoms with Crippen LogP contribution in [0.25, 0.3) is 0 Å². The summed E-state index contributed by atoms with van der Waals surface area (Å²) in [6.45, 7) is 1.92. The van der Waals surface area contributed by atoms with Gasteiger partial charge in [0.05, 0.1) is 23.9 Å². The zero-order valence-electron chi connectivity index (χ0n) is 13.1. The van der Waals surface area contributed by atoms with Crippen molar-refractivity contribution >= 4 is 23.4 Å². The number of hydrogen-bond donors (Lipinski definition) is 0. The lowest BCUT2D eigenvalue weighted by molar-refractivity contribution is -0.151. The number of ether oxygens (including phenoxy) is 1. The third-order valence-corrected chi connectivity index (χ3v) is 3.83. The fourth-order valence-electron chi connectivity index (χ4n) is 2.75. The molecule has 0 N–H and O–H groups in total. The number of nitriles is 1. The Balaban J connectivity index is 2.10.